The van der Waals surface area contributed by atoms with Crippen LogP contribution in [-0.2, 0) is 11.2 Å². The van der Waals surface area contributed by atoms with Crippen molar-refractivity contribution in [3.05, 3.63) is 53.3 Å². The zero-order chi connectivity index (χ0) is 13.7. The van der Waals surface area contributed by atoms with Gasteiger partial charge in [0.1, 0.15) is 0 Å². The number of esters is 1. The van der Waals surface area contributed by atoms with E-state index in [1.807, 2.05) is 36.6 Å². The zero-order valence-electron chi connectivity index (χ0n) is 10.8. The molecule has 19 heavy (non-hydrogen) atoms. The predicted octanol–water partition coefficient (Wildman–Crippen LogP) is 2.58. The minimum Gasteiger partial charge on any atom is -0.465 e. The largest absolute Gasteiger partial charge is 0.465 e. The van der Waals surface area contributed by atoms with Crippen LogP contribution in [0.5, 0.6) is 0 Å². The number of rotatable bonds is 4. The van der Waals surface area contributed by atoms with Gasteiger partial charge in [-0.15, -0.1) is 0 Å². The molecule has 0 saturated carbocycles. The SMILES string of the molecule is COC(=O)c1cnc(SC)nc1Cc1ccccc1. The number of ether oxygens (including phenoxy) is 1. The van der Waals surface area contributed by atoms with Gasteiger partial charge in [0.2, 0.25) is 0 Å². The summed E-state index contributed by atoms with van der Waals surface area (Å²) in [5.41, 5.74) is 2.21. The second kappa shape index (κ2) is 6.33. The number of thioether (sulfide) groups is 1. The van der Waals surface area contributed by atoms with Crippen LogP contribution in [0.2, 0.25) is 0 Å². The van der Waals surface area contributed by atoms with Gasteiger partial charge < -0.3 is 4.74 Å². The normalized spacial score (nSPS) is 10.2. The molecule has 1 heterocycles. The lowest BCUT2D eigenvalue weighted by Crippen LogP contribution is -2.10. The van der Waals surface area contributed by atoms with Gasteiger partial charge in [0, 0.05) is 12.6 Å². The Hall–Kier alpha value is -1.88. The van der Waals surface area contributed by atoms with Gasteiger partial charge in [0.25, 0.3) is 0 Å². The fourth-order valence-corrected chi connectivity index (χ4v) is 2.06. The second-order valence-electron chi connectivity index (χ2n) is 3.87. The molecule has 2 aromatic rings. The number of carbonyl (C=O) groups excluding carboxylic acids is 1. The van der Waals surface area contributed by atoms with Gasteiger partial charge in [-0.05, 0) is 11.8 Å². The standard InChI is InChI=1S/C14H14N2O2S/c1-18-13(17)11-9-15-14(19-2)16-12(11)8-10-6-4-3-5-7-10/h3-7,9H,8H2,1-2H3. The van der Waals surface area contributed by atoms with Gasteiger partial charge in [-0.3, -0.25) is 0 Å². The van der Waals surface area contributed by atoms with E-state index in [1.54, 1.807) is 0 Å². The Bertz CT molecular complexity index is 573. The Balaban J connectivity index is 2.38. The van der Waals surface area contributed by atoms with Crippen molar-refractivity contribution in [1.82, 2.24) is 9.97 Å². The first-order chi connectivity index (χ1) is 9.24. The van der Waals surface area contributed by atoms with E-state index in [0.717, 1.165) is 5.56 Å². The first-order valence-electron chi connectivity index (χ1n) is 5.76. The summed E-state index contributed by atoms with van der Waals surface area (Å²) in [5.74, 6) is -0.404. The maximum absolute atomic E-state index is 11.7. The lowest BCUT2D eigenvalue weighted by Gasteiger charge is -2.08. The van der Waals surface area contributed by atoms with Crippen molar-refractivity contribution in [3.8, 4) is 0 Å². The highest BCUT2D eigenvalue weighted by Crippen LogP contribution is 2.16. The van der Waals surface area contributed by atoms with Crippen LogP contribution in [0.4, 0.5) is 0 Å². The number of hydrogen-bond donors (Lipinski definition) is 0. The number of nitrogens with zero attached hydrogens (tertiary/aromatic N) is 2. The maximum atomic E-state index is 11.7. The fourth-order valence-electron chi connectivity index (χ4n) is 1.70. The van der Waals surface area contributed by atoms with Crippen molar-refractivity contribution >= 4 is 17.7 Å². The van der Waals surface area contributed by atoms with Gasteiger partial charge in [-0.1, -0.05) is 42.1 Å². The minimum atomic E-state index is -0.404. The maximum Gasteiger partial charge on any atom is 0.341 e. The Labute approximate surface area is 116 Å². The predicted molar refractivity (Wildman–Crippen MR) is 74.4 cm³/mol. The number of hydrogen-bond acceptors (Lipinski definition) is 5. The molecule has 0 atom stereocenters. The summed E-state index contributed by atoms with van der Waals surface area (Å²) in [6.45, 7) is 0. The van der Waals surface area contributed by atoms with Crippen LogP contribution in [0.25, 0.3) is 0 Å². The van der Waals surface area contributed by atoms with Gasteiger partial charge in [0.05, 0.1) is 18.4 Å². The molecule has 0 fully saturated rings. The van der Waals surface area contributed by atoms with Gasteiger partial charge in [-0.25, -0.2) is 14.8 Å². The number of benzene rings is 1. The van der Waals surface area contributed by atoms with Crippen LogP contribution in [0, 0.1) is 0 Å². The smallest absolute Gasteiger partial charge is 0.341 e. The molecule has 0 aliphatic carbocycles. The molecule has 0 spiro atoms. The second-order valence-corrected chi connectivity index (χ2v) is 4.64. The van der Waals surface area contributed by atoms with Crippen molar-refractivity contribution in [2.75, 3.05) is 13.4 Å². The summed E-state index contributed by atoms with van der Waals surface area (Å²) in [4.78, 5) is 20.2. The molecule has 0 saturated heterocycles. The number of methoxy groups -OCH3 is 1. The average Bonchev–Trinajstić information content (AvgIpc) is 2.47. The summed E-state index contributed by atoms with van der Waals surface area (Å²) in [6.07, 6.45) is 4.02. The van der Waals surface area contributed by atoms with Crippen molar-refractivity contribution in [1.29, 1.82) is 0 Å². The molecule has 1 aromatic heterocycles. The highest BCUT2D eigenvalue weighted by atomic mass is 32.2. The molecule has 2 rings (SSSR count). The van der Waals surface area contributed by atoms with Crippen LogP contribution < -0.4 is 0 Å². The molecule has 0 radical (unpaired) electrons. The van der Waals surface area contributed by atoms with Crippen LogP contribution in [0.3, 0.4) is 0 Å². The molecule has 0 unspecified atom stereocenters. The Morgan fingerprint density at radius 1 is 1.32 bits per heavy atom. The summed E-state index contributed by atoms with van der Waals surface area (Å²) >= 11 is 1.45. The third kappa shape index (κ3) is 3.32. The van der Waals surface area contributed by atoms with E-state index < -0.39 is 5.97 Å². The average molecular weight is 274 g/mol. The Morgan fingerprint density at radius 3 is 2.68 bits per heavy atom. The Kier molecular flexibility index (Phi) is 4.52. The van der Waals surface area contributed by atoms with E-state index in [9.17, 15) is 4.79 Å². The fraction of sp³-hybridized carbons (Fsp3) is 0.214. The highest BCUT2D eigenvalue weighted by molar-refractivity contribution is 7.98. The summed E-state index contributed by atoms with van der Waals surface area (Å²) < 4.78 is 4.76. The molecule has 0 aliphatic rings. The van der Waals surface area contributed by atoms with Crippen molar-refractivity contribution in [2.45, 2.75) is 11.6 Å². The minimum absolute atomic E-state index is 0.404. The highest BCUT2D eigenvalue weighted by Gasteiger charge is 2.15. The molecule has 1 aromatic carbocycles. The molecule has 0 N–H and O–H groups in total. The molecule has 0 bridgehead atoms. The molecule has 5 heteroatoms. The van der Waals surface area contributed by atoms with Crippen molar-refractivity contribution in [3.63, 3.8) is 0 Å². The quantitative estimate of drug-likeness (QED) is 0.487. The van der Waals surface area contributed by atoms with E-state index in [4.69, 9.17) is 4.74 Å². The van der Waals surface area contributed by atoms with E-state index in [2.05, 4.69) is 9.97 Å². The summed E-state index contributed by atoms with van der Waals surface area (Å²) in [7, 11) is 1.36. The molecular weight excluding hydrogens is 260 g/mol. The van der Waals surface area contributed by atoms with Gasteiger partial charge >= 0.3 is 5.97 Å². The van der Waals surface area contributed by atoms with Crippen LogP contribution in [0.15, 0.2) is 41.7 Å². The lowest BCUT2D eigenvalue weighted by atomic mass is 10.1. The molecular formula is C14H14N2O2S. The summed E-state index contributed by atoms with van der Waals surface area (Å²) in [5, 5.41) is 0.651. The van der Waals surface area contributed by atoms with E-state index >= 15 is 0 Å². The first-order valence-corrected chi connectivity index (χ1v) is 6.99. The van der Waals surface area contributed by atoms with Gasteiger partial charge in [-0.2, -0.15) is 0 Å². The third-order valence-corrected chi connectivity index (χ3v) is 3.21. The number of carbonyl (C=O) groups is 1. The number of aromatic nitrogens is 2. The molecule has 0 amide bonds. The topological polar surface area (TPSA) is 52.1 Å². The molecule has 4 nitrogen and oxygen atoms in total. The first kappa shape index (κ1) is 13.5. The third-order valence-electron chi connectivity index (χ3n) is 2.65. The van der Waals surface area contributed by atoms with Crippen LogP contribution in [0.1, 0.15) is 21.6 Å². The van der Waals surface area contributed by atoms with E-state index in [0.29, 0.717) is 22.8 Å². The monoisotopic (exact) mass is 274 g/mol. The summed E-state index contributed by atoms with van der Waals surface area (Å²) in [6, 6.07) is 9.88. The van der Waals surface area contributed by atoms with E-state index in [-0.39, 0.29) is 0 Å². The zero-order valence-corrected chi connectivity index (χ0v) is 11.6. The molecule has 98 valence electrons. The van der Waals surface area contributed by atoms with E-state index in [1.165, 1.54) is 25.1 Å². The van der Waals surface area contributed by atoms with Crippen molar-refractivity contribution < 1.29 is 9.53 Å². The van der Waals surface area contributed by atoms with Crippen LogP contribution >= 0.6 is 11.8 Å². The van der Waals surface area contributed by atoms with Crippen LogP contribution in [-0.4, -0.2) is 29.3 Å². The van der Waals surface area contributed by atoms with Gasteiger partial charge in [0.15, 0.2) is 5.16 Å². The Morgan fingerprint density at radius 2 is 2.05 bits per heavy atom. The van der Waals surface area contributed by atoms with Crippen molar-refractivity contribution in [2.24, 2.45) is 0 Å². The molecule has 0 aliphatic heterocycles. The lowest BCUT2D eigenvalue weighted by molar-refractivity contribution is 0.0598.